The molecule has 0 spiro atoms. The molecule has 0 aliphatic heterocycles. The summed E-state index contributed by atoms with van der Waals surface area (Å²) in [6, 6.07) is -0.805. The first-order valence-corrected chi connectivity index (χ1v) is 15.1. The number of ether oxygens (including phenoxy) is 1. The topological polar surface area (TPSA) is 185 Å². The van der Waals surface area contributed by atoms with Crippen LogP contribution >= 0.6 is 0 Å². The number of Topliss-reactive ketones (excluding diaryl/α,β-unsaturated/α-hetero) is 1. The van der Waals surface area contributed by atoms with Gasteiger partial charge in [0.15, 0.2) is 18.1 Å². The summed E-state index contributed by atoms with van der Waals surface area (Å²) in [6.45, 7) is 5.92. The maximum absolute atomic E-state index is 17.3. The summed E-state index contributed by atoms with van der Waals surface area (Å²) in [4.78, 5) is 60.5. The van der Waals surface area contributed by atoms with Gasteiger partial charge in [0.05, 0.1) is 6.10 Å². The summed E-state index contributed by atoms with van der Waals surface area (Å²) < 4.78 is 22.4. The van der Waals surface area contributed by atoms with Crippen molar-refractivity contribution in [1.82, 2.24) is 10.6 Å². The van der Waals surface area contributed by atoms with Gasteiger partial charge in [-0.1, -0.05) is 25.5 Å². The van der Waals surface area contributed by atoms with Crippen molar-refractivity contribution in [3.63, 3.8) is 0 Å². The molecule has 6 N–H and O–H groups in total. The molecule has 0 aromatic heterocycles. The number of aliphatic hydroxyl groups is 2. The molecular weight excluding hydrogens is 561 g/mol. The molecule has 3 fully saturated rings. The van der Waals surface area contributed by atoms with E-state index < -0.39 is 76.4 Å². The standard InChI is InChI=1S/C31H44FN3O8/c1-17-13-22-21-9-8-19-14-20(37)10-11-28(19,3)30(21,32)24(38)15-29(22,4)31(17,42)25(39)16-43-27(41)34-12-6-5-7-23(26(33)40)35-18(2)36/h10-11,14,17,21-24,38,42H,5-9,12-13,15-16H2,1-4H3,(H2,33,40)(H,34,41)(H,35,36)/t17-,21+,22+,23+,24+,28+,29+,30+,31+/m1/s1. The fourth-order valence-electron chi connectivity index (χ4n) is 8.63. The zero-order chi connectivity index (χ0) is 32.0. The predicted octanol–water partition coefficient (Wildman–Crippen LogP) is 1.79. The van der Waals surface area contributed by atoms with Gasteiger partial charge in [0.25, 0.3) is 0 Å². The van der Waals surface area contributed by atoms with Gasteiger partial charge in [-0.2, -0.15) is 0 Å². The van der Waals surface area contributed by atoms with Crippen LogP contribution < -0.4 is 16.4 Å². The lowest BCUT2D eigenvalue weighted by atomic mass is 9.44. The highest BCUT2D eigenvalue weighted by Crippen LogP contribution is 2.70. The Labute approximate surface area is 250 Å². The number of hydrogen-bond acceptors (Lipinski definition) is 8. The van der Waals surface area contributed by atoms with E-state index in [1.807, 2.05) is 0 Å². The number of nitrogens with two attached hydrogens (primary N) is 1. The van der Waals surface area contributed by atoms with Crippen molar-refractivity contribution >= 4 is 29.5 Å². The van der Waals surface area contributed by atoms with Crippen molar-refractivity contribution in [2.45, 2.75) is 96.1 Å². The molecule has 43 heavy (non-hydrogen) atoms. The van der Waals surface area contributed by atoms with Gasteiger partial charge in [-0.05, 0) is 75.9 Å². The molecule has 9 atom stereocenters. The summed E-state index contributed by atoms with van der Waals surface area (Å²) in [5.74, 6) is -3.60. The van der Waals surface area contributed by atoms with E-state index >= 15 is 4.39 Å². The first kappa shape index (κ1) is 32.8. The number of halogens is 1. The molecule has 0 bridgehead atoms. The van der Waals surface area contributed by atoms with E-state index in [2.05, 4.69) is 10.6 Å². The number of alkyl halides is 1. The van der Waals surface area contributed by atoms with Gasteiger partial charge < -0.3 is 31.3 Å². The number of aliphatic hydroxyl groups excluding tert-OH is 1. The second-order valence-electron chi connectivity index (χ2n) is 13.2. The second-order valence-corrected chi connectivity index (χ2v) is 13.2. The SMILES string of the molecule is CC(=O)N[C@@H](CCCCNC(=O)OCC(=O)[C@@]1(O)[C@H](C)C[C@H]2[C@@H]3CCC4=CC(=O)C=C[C@]4(C)[C@@]3(F)[C@@H](O)C[C@@]21C)C(N)=O. The number of carbonyl (C=O) groups excluding carboxylic acids is 5. The van der Waals surface area contributed by atoms with Gasteiger partial charge in [0.2, 0.25) is 17.6 Å². The van der Waals surface area contributed by atoms with E-state index in [4.69, 9.17) is 10.5 Å². The third-order valence-corrected chi connectivity index (χ3v) is 10.9. The van der Waals surface area contributed by atoms with Crippen LogP contribution in [-0.2, 0) is 23.9 Å². The molecule has 3 amide bonds. The van der Waals surface area contributed by atoms with Crippen molar-refractivity contribution in [1.29, 1.82) is 0 Å². The average molecular weight is 606 g/mol. The molecule has 4 rings (SSSR count). The normalized spacial score (nSPS) is 38.6. The highest BCUT2D eigenvalue weighted by atomic mass is 19.1. The summed E-state index contributed by atoms with van der Waals surface area (Å²) >= 11 is 0. The van der Waals surface area contributed by atoms with Crippen molar-refractivity contribution in [3.05, 3.63) is 23.8 Å². The van der Waals surface area contributed by atoms with E-state index in [1.54, 1.807) is 26.8 Å². The number of nitrogens with one attached hydrogen (secondary N) is 2. The molecule has 0 aromatic rings. The lowest BCUT2D eigenvalue weighted by Gasteiger charge is -2.62. The Morgan fingerprint density at radius 3 is 2.56 bits per heavy atom. The van der Waals surface area contributed by atoms with Gasteiger partial charge in [-0.3, -0.25) is 19.2 Å². The number of ketones is 2. The number of primary amides is 1. The predicted molar refractivity (Wildman–Crippen MR) is 153 cm³/mol. The number of hydrogen-bond donors (Lipinski definition) is 5. The zero-order valence-corrected chi connectivity index (χ0v) is 25.3. The highest BCUT2D eigenvalue weighted by Gasteiger charge is 2.75. The number of unbranched alkanes of at least 4 members (excludes halogenated alkanes) is 1. The van der Waals surface area contributed by atoms with E-state index in [-0.39, 0.29) is 24.7 Å². The van der Waals surface area contributed by atoms with Crippen molar-refractivity contribution in [3.8, 4) is 0 Å². The van der Waals surface area contributed by atoms with Crippen LogP contribution in [0.4, 0.5) is 9.18 Å². The fraction of sp³-hybridized carbons (Fsp3) is 0.710. The Balaban J connectivity index is 1.38. The third-order valence-electron chi connectivity index (χ3n) is 10.9. The molecule has 0 saturated heterocycles. The Bertz CT molecular complexity index is 1250. The van der Waals surface area contributed by atoms with Crippen molar-refractivity contribution in [2.24, 2.45) is 34.3 Å². The Kier molecular flexibility index (Phi) is 8.97. The average Bonchev–Trinajstić information content (AvgIpc) is 3.13. The quantitative estimate of drug-likeness (QED) is 0.233. The molecule has 238 valence electrons. The van der Waals surface area contributed by atoms with E-state index in [0.29, 0.717) is 44.1 Å². The van der Waals surface area contributed by atoms with Crippen molar-refractivity contribution < 1.29 is 43.3 Å². The Morgan fingerprint density at radius 2 is 1.91 bits per heavy atom. The highest BCUT2D eigenvalue weighted by molar-refractivity contribution is 6.01. The van der Waals surface area contributed by atoms with E-state index in [0.717, 1.165) is 0 Å². The van der Waals surface area contributed by atoms with Crippen LogP contribution in [0.5, 0.6) is 0 Å². The minimum Gasteiger partial charge on any atom is -0.441 e. The largest absolute Gasteiger partial charge is 0.441 e. The first-order valence-electron chi connectivity index (χ1n) is 15.1. The summed E-state index contributed by atoms with van der Waals surface area (Å²) in [5.41, 5.74) is -0.451. The molecule has 0 aromatic carbocycles. The minimum absolute atomic E-state index is 0.168. The maximum atomic E-state index is 17.3. The first-order chi connectivity index (χ1) is 20.0. The monoisotopic (exact) mass is 605 g/mol. The van der Waals surface area contributed by atoms with Crippen LogP contribution in [0.15, 0.2) is 23.8 Å². The molecule has 0 heterocycles. The molecular formula is C31H44FN3O8. The molecule has 3 saturated carbocycles. The number of fused-ring (bicyclic) bond motifs is 5. The van der Waals surface area contributed by atoms with Gasteiger partial charge >= 0.3 is 6.09 Å². The van der Waals surface area contributed by atoms with Gasteiger partial charge in [-0.25, -0.2) is 9.18 Å². The van der Waals surface area contributed by atoms with E-state index in [1.165, 1.54) is 19.1 Å². The number of allylic oxidation sites excluding steroid dienone is 4. The zero-order valence-electron chi connectivity index (χ0n) is 25.3. The molecule has 4 aliphatic rings. The Hall–Kier alpha value is -3.12. The van der Waals surface area contributed by atoms with Crippen LogP contribution in [0.25, 0.3) is 0 Å². The van der Waals surface area contributed by atoms with Gasteiger partial charge in [0.1, 0.15) is 11.6 Å². The van der Waals surface area contributed by atoms with Crippen LogP contribution in [-0.4, -0.2) is 76.3 Å². The van der Waals surface area contributed by atoms with Crippen LogP contribution in [0.1, 0.15) is 72.6 Å². The lowest BCUT2D eigenvalue weighted by Crippen LogP contribution is -2.69. The number of rotatable bonds is 10. The minimum atomic E-state index is -2.08. The molecule has 0 radical (unpaired) electrons. The lowest BCUT2D eigenvalue weighted by molar-refractivity contribution is -0.219. The summed E-state index contributed by atoms with van der Waals surface area (Å²) in [5, 5.41) is 28.4. The van der Waals surface area contributed by atoms with Crippen LogP contribution in [0, 0.1) is 28.6 Å². The maximum Gasteiger partial charge on any atom is 0.407 e. The Morgan fingerprint density at radius 1 is 1.21 bits per heavy atom. The molecule has 0 unspecified atom stereocenters. The fourth-order valence-corrected chi connectivity index (χ4v) is 8.63. The van der Waals surface area contributed by atoms with Gasteiger partial charge in [-0.15, -0.1) is 0 Å². The van der Waals surface area contributed by atoms with Gasteiger partial charge in [0, 0.05) is 30.2 Å². The van der Waals surface area contributed by atoms with Crippen LogP contribution in [0.2, 0.25) is 0 Å². The smallest absolute Gasteiger partial charge is 0.407 e. The van der Waals surface area contributed by atoms with Crippen LogP contribution in [0.3, 0.4) is 0 Å². The summed E-state index contributed by atoms with van der Waals surface area (Å²) in [7, 11) is 0. The summed E-state index contributed by atoms with van der Waals surface area (Å²) in [6.07, 6.45) is 4.27. The van der Waals surface area contributed by atoms with Crippen molar-refractivity contribution in [2.75, 3.05) is 13.2 Å². The second kappa shape index (κ2) is 11.8. The number of amides is 3. The number of carbonyl (C=O) groups is 5. The van der Waals surface area contributed by atoms with E-state index in [9.17, 15) is 34.2 Å². The molecule has 4 aliphatic carbocycles. The molecule has 12 heteroatoms. The number of alkyl carbamates (subject to hydrolysis) is 1. The molecule has 11 nitrogen and oxygen atoms in total. The third kappa shape index (κ3) is 5.30.